The molecule has 1 atom stereocenters. The summed E-state index contributed by atoms with van der Waals surface area (Å²) >= 11 is 0. The van der Waals surface area contributed by atoms with E-state index >= 15 is 0 Å². The van der Waals surface area contributed by atoms with Crippen LogP contribution in [0.2, 0.25) is 0 Å². The fourth-order valence-corrected chi connectivity index (χ4v) is 2.22. The van der Waals surface area contributed by atoms with E-state index in [1.165, 1.54) is 12.1 Å². The van der Waals surface area contributed by atoms with Crippen LogP contribution in [-0.4, -0.2) is 16.1 Å². The molecular weight excluding hydrogens is 260 g/mol. The van der Waals surface area contributed by atoms with Gasteiger partial charge in [-0.15, -0.1) is 0 Å². The maximum atomic E-state index is 13.7. The van der Waals surface area contributed by atoms with E-state index in [0.717, 1.165) is 32.0 Å². The van der Waals surface area contributed by atoms with Crippen LogP contribution in [0, 0.1) is 11.6 Å². The van der Waals surface area contributed by atoms with Crippen molar-refractivity contribution in [3.8, 4) is 0 Å². The Morgan fingerprint density at radius 3 is 2.85 bits per heavy atom. The molecule has 2 aromatic rings. The van der Waals surface area contributed by atoms with Crippen LogP contribution in [0.15, 0.2) is 36.9 Å². The number of halogens is 2. The molecule has 20 heavy (non-hydrogen) atoms. The smallest absolute Gasteiger partial charge is 0.130 e. The summed E-state index contributed by atoms with van der Waals surface area (Å²) in [4.78, 5) is 3.98. The average molecular weight is 279 g/mol. The van der Waals surface area contributed by atoms with Crippen molar-refractivity contribution < 1.29 is 8.78 Å². The molecule has 1 N–H and O–H groups in total. The van der Waals surface area contributed by atoms with Gasteiger partial charge in [-0.1, -0.05) is 13.0 Å². The van der Waals surface area contributed by atoms with Gasteiger partial charge in [0.1, 0.15) is 11.6 Å². The van der Waals surface area contributed by atoms with Gasteiger partial charge >= 0.3 is 0 Å². The highest BCUT2D eigenvalue weighted by Crippen LogP contribution is 2.20. The largest absolute Gasteiger partial charge is 0.337 e. The van der Waals surface area contributed by atoms with Crippen molar-refractivity contribution in [1.82, 2.24) is 14.9 Å². The number of nitrogens with zero attached hydrogens (tertiary/aromatic N) is 2. The third-order valence-corrected chi connectivity index (χ3v) is 3.29. The molecule has 0 amide bonds. The van der Waals surface area contributed by atoms with E-state index in [4.69, 9.17) is 0 Å². The molecule has 1 aromatic carbocycles. The van der Waals surface area contributed by atoms with E-state index in [0.29, 0.717) is 5.56 Å². The maximum Gasteiger partial charge on any atom is 0.130 e. The second kappa shape index (κ2) is 7.14. The number of aryl methyl sites for hydroxylation is 1. The van der Waals surface area contributed by atoms with Gasteiger partial charge in [-0.25, -0.2) is 13.8 Å². The minimum Gasteiger partial charge on any atom is -0.337 e. The molecule has 0 radical (unpaired) electrons. The van der Waals surface area contributed by atoms with E-state index in [2.05, 4.69) is 10.3 Å². The Morgan fingerprint density at radius 1 is 1.35 bits per heavy atom. The molecule has 0 unspecified atom stereocenters. The van der Waals surface area contributed by atoms with Gasteiger partial charge in [0, 0.05) is 36.6 Å². The summed E-state index contributed by atoms with van der Waals surface area (Å²) < 4.78 is 28.6. The van der Waals surface area contributed by atoms with Crippen LogP contribution in [0.25, 0.3) is 0 Å². The van der Waals surface area contributed by atoms with Gasteiger partial charge in [0.2, 0.25) is 0 Å². The van der Waals surface area contributed by atoms with Crippen LogP contribution in [0.5, 0.6) is 0 Å². The number of hydrogen-bond acceptors (Lipinski definition) is 2. The highest BCUT2D eigenvalue weighted by atomic mass is 19.1. The minimum atomic E-state index is -0.541. The second-order valence-electron chi connectivity index (χ2n) is 4.73. The number of aromatic nitrogens is 2. The lowest BCUT2D eigenvalue weighted by Crippen LogP contribution is -2.23. The van der Waals surface area contributed by atoms with Crippen molar-refractivity contribution in [2.45, 2.75) is 32.4 Å². The number of hydrogen-bond donors (Lipinski definition) is 1. The molecule has 2 rings (SSSR count). The Labute approximate surface area is 117 Å². The number of nitrogens with one attached hydrogen (secondary N) is 1. The zero-order chi connectivity index (χ0) is 14.4. The second-order valence-corrected chi connectivity index (χ2v) is 4.73. The Balaban J connectivity index is 1.85. The normalized spacial score (nSPS) is 12.6. The first-order valence-corrected chi connectivity index (χ1v) is 6.84. The van der Waals surface area contributed by atoms with Gasteiger partial charge in [-0.2, -0.15) is 0 Å². The van der Waals surface area contributed by atoms with Gasteiger partial charge in [0.15, 0.2) is 0 Å². The molecule has 0 aliphatic rings. The number of imidazole rings is 1. The van der Waals surface area contributed by atoms with E-state index < -0.39 is 11.6 Å². The van der Waals surface area contributed by atoms with E-state index in [1.54, 1.807) is 12.5 Å². The first kappa shape index (κ1) is 14.7. The molecule has 0 bridgehead atoms. The van der Waals surface area contributed by atoms with E-state index in [-0.39, 0.29) is 6.04 Å². The summed E-state index contributed by atoms with van der Waals surface area (Å²) in [6.07, 6.45) is 7.12. The van der Waals surface area contributed by atoms with Gasteiger partial charge in [0.25, 0.3) is 0 Å². The van der Waals surface area contributed by atoms with Crippen LogP contribution < -0.4 is 5.32 Å². The van der Waals surface area contributed by atoms with Crippen LogP contribution in [0.3, 0.4) is 0 Å². The number of rotatable bonds is 7. The lowest BCUT2D eigenvalue weighted by molar-refractivity contribution is 0.467. The van der Waals surface area contributed by atoms with Crippen molar-refractivity contribution >= 4 is 0 Å². The first-order chi connectivity index (χ1) is 9.70. The summed E-state index contributed by atoms with van der Waals surface area (Å²) in [7, 11) is 0. The van der Waals surface area contributed by atoms with Crippen molar-refractivity contribution in [2.24, 2.45) is 0 Å². The molecular formula is C15H19F2N3. The molecule has 1 heterocycles. The molecule has 0 saturated carbocycles. The molecule has 0 fully saturated rings. The average Bonchev–Trinajstić information content (AvgIpc) is 2.93. The predicted octanol–water partition coefficient (Wildman–Crippen LogP) is 3.29. The Kier molecular flexibility index (Phi) is 5.24. The van der Waals surface area contributed by atoms with Crippen LogP contribution >= 0.6 is 0 Å². The topological polar surface area (TPSA) is 29.9 Å². The molecule has 3 nitrogen and oxygen atoms in total. The summed E-state index contributed by atoms with van der Waals surface area (Å²) in [5, 5.41) is 3.31. The fraction of sp³-hybridized carbons (Fsp3) is 0.400. The van der Waals surface area contributed by atoms with Gasteiger partial charge < -0.3 is 9.88 Å². The fourth-order valence-electron chi connectivity index (χ4n) is 2.22. The Morgan fingerprint density at radius 2 is 2.20 bits per heavy atom. The molecule has 0 aliphatic heterocycles. The van der Waals surface area contributed by atoms with Gasteiger partial charge in [-0.05, 0) is 25.5 Å². The SMILES string of the molecule is CC[C@H](NCCCn1ccnc1)c1ccc(F)cc1F. The Hall–Kier alpha value is -1.75. The predicted molar refractivity (Wildman–Crippen MR) is 74.2 cm³/mol. The third-order valence-electron chi connectivity index (χ3n) is 3.29. The Bertz CT molecular complexity index is 526. The van der Waals surface area contributed by atoms with Crippen molar-refractivity contribution in [3.63, 3.8) is 0 Å². The van der Waals surface area contributed by atoms with Crippen LogP contribution in [-0.2, 0) is 6.54 Å². The highest BCUT2D eigenvalue weighted by molar-refractivity contribution is 5.22. The van der Waals surface area contributed by atoms with Gasteiger partial charge in [0.05, 0.1) is 6.33 Å². The number of benzene rings is 1. The molecule has 0 saturated heterocycles. The highest BCUT2D eigenvalue weighted by Gasteiger charge is 2.13. The van der Waals surface area contributed by atoms with Crippen molar-refractivity contribution in [2.75, 3.05) is 6.54 Å². The molecule has 1 aromatic heterocycles. The van der Waals surface area contributed by atoms with E-state index in [1.807, 2.05) is 17.7 Å². The molecule has 0 aliphatic carbocycles. The standard InChI is InChI=1S/C15H19F2N3/c1-2-15(13-5-4-12(16)10-14(13)17)19-6-3-8-20-9-7-18-11-20/h4-5,7,9-11,15,19H,2-3,6,8H2,1H3/t15-/m0/s1. The summed E-state index contributed by atoms with van der Waals surface area (Å²) in [5.74, 6) is -1.03. The first-order valence-electron chi connectivity index (χ1n) is 6.84. The molecule has 0 spiro atoms. The summed E-state index contributed by atoms with van der Waals surface area (Å²) in [6, 6.07) is 3.67. The summed E-state index contributed by atoms with van der Waals surface area (Å²) in [6.45, 7) is 3.62. The minimum absolute atomic E-state index is 0.0848. The lowest BCUT2D eigenvalue weighted by atomic mass is 10.0. The molecule has 108 valence electrons. The molecule has 5 heteroatoms. The maximum absolute atomic E-state index is 13.7. The third kappa shape index (κ3) is 3.87. The van der Waals surface area contributed by atoms with E-state index in [9.17, 15) is 8.78 Å². The van der Waals surface area contributed by atoms with Crippen molar-refractivity contribution in [3.05, 3.63) is 54.1 Å². The summed E-state index contributed by atoms with van der Waals surface area (Å²) in [5.41, 5.74) is 0.525. The van der Waals surface area contributed by atoms with Crippen molar-refractivity contribution in [1.29, 1.82) is 0 Å². The zero-order valence-electron chi connectivity index (χ0n) is 11.5. The quantitative estimate of drug-likeness (QED) is 0.788. The van der Waals surface area contributed by atoms with Crippen LogP contribution in [0.4, 0.5) is 8.78 Å². The zero-order valence-corrected chi connectivity index (χ0v) is 11.5. The lowest BCUT2D eigenvalue weighted by Gasteiger charge is -2.18. The van der Waals surface area contributed by atoms with Crippen LogP contribution in [0.1, 0.15) is 31.4 Å². The van der Waals surface area contributed by atoms with Gasteiger partial charge in [-0.3, -0.25) is 0 Å². The monoisotopic (exact) mass is 279 g/mol.